The van der Waals surface area contributed by atoms with E-state index in [1.165, 1.54) is 27.8 Å². The van der Waals surface area contributed by atoms with Gasteiger partial charge in [-0.3, -0.25) is 0 Å². The summed E-state index contributed by atoms with van der Waals surface area (Å²) >= 11 is 6.08. The predicted octanol–water partition coefficient (Wildman–Crippen LogP) is 5.08. The number of aromatic nitrogens is 8. The van der Waals surface area contributed by atoms with Gasteiger partial charge in [0.05, 0.1) is 12.7 Å². The molecule has 20 heteroatoms. The van der Waals surface area contributed by atoms with Crippen molar-refractivity contribution in [3.8, 4) is 22.3 Å². The van der Waals surface area contributed by atoms with E-state index in [1.54, 1.807) is 6.33 Å². The van der Waals surface area contributed by atoms with Crippen LogP contribution in [0.5, 0.6) is 0 Å². The van der Waals surface area contributed by atoms with Crippen LogP contribution in [-0.2, 0) is 41.0 Å². The van der Waals surface area contributed by atoms with Crippen molar-refractivity contribution < 1.29 is 118 Å². The van der Waals surface area contributed by atoms with Gasteiger partial charge in [0.25, 0.3) is 0 Å². The number of fused-ring (bicyclic) bond motifs is 2. The Morgan fingerprint density at radius 1 is 0.547 bits per heavy atom. The number of nitrogens with zero attached hydrogens (tertiary/aromatic N) is 8. The molecule has 0 bridgehead atoms. The van der Waals surface area contributed by atoms with Gasteiger partial charge in [-0.2, -0.15) is 19.9 Å². The van der Waals surface area contributed by atoms with Gasteiger partial charge in [-0.1, -0.05) is 124 Å². The molecule has 0 amide bonds. The average molecular weight is 1090 g/mol. The second kappa shape index (κ2) is 33.2. The van der Waals surface area contributed by atoms with Gasteiger partial charge in [-0.15, -0.1) is 5.04 Å². The number of imidazole rings is 2. The number of halogens is 1. The van der Waals surface area contributed by atoms with Crippen LogP contribution < -0.4 is 136 Å². The third-order valence-corrected chi connectivity index (χ3v) is 12.9. The maximum Gasteiger partial charge on any atom is 1.00 e. The summed E-state index contributed by atoms with van der Waals surface area (Å²) in [4.78, 5) is 34.9. The van der Waals surface area contributed by atoms with Gasteiger partial charge in [0.2, 0.25) is 11.2 Å². The molecule has 4 aromatic carbocycles. The van der Waals surface area contributed by atoms with E-state index >= 15 is 0 Å². The Kier molecular flexibility index (Phi) is 28.4. The zero-order valence-electron chi connectivity index (χ0n) is 42.3. The van der Waals surface area contributed by atoms with E-state index in [1.807, 2.05) is 42.1 Å². The van der Waals surface area contributed by atoms with Gasteiger partial charge in [0.1, 0.15) is 0 Å². The minimum Gasteiger partial charge on any atom is -0.364 e. The predicted molar refractivity (Wildman–Crippen MR) is 295 cm³/mol. The Balaban J connectivity index is 0.000000257. The van der Waals surface area contributed by atoms with Crippen LogP contribution in [0.25, 0.3) is 44.6 Å². The Bertz CT molecular complexity index is 2850. The fourth-order valence-corrected chi connectivity index (χ4v) is 8.69. The molecule has 2 saturated carbocycles. The van der Waals surface area contributed by atoms with Crippen LogP contribution in [-0.4, -0.2) is 63.2 Å². The molecule has 11 rings (SSSR count). The first-order chi connectivity index (χ1) is 34.7. The second-order valence-corrected chi connectivity index (χ2v) is 18.1. The molecule has 1 saturated heterocycles. The molecule has 17 nitrogen and oxygen atoms in total. The maximum absolute atomic E-state index is 6.08. The number of hydrogen-bond donors (Lipinski definition) is 6. The van der Waals surface area contributed by atoms with Crippen molar-refractivity contribution in [3.05, 3.63) is 145 Å². The van der Waals surface area contributed by atoms with Crippen LogP contribution in [0.3, 0.4) is 0 Å². The minimum atomic E-state index is 0. The number of aryl methyl sites for hydroxylation is 2. The first kappa shape index (κ1) is 64.2. The number of hydrogen-bond acceptors (Lipinski definition) is 15. The van der Waals surface area contributed by atoms with E-state index in [9.17, 15) is 0 Å². The van der Waals surface area contributed by atoms with Crippen LogP contribution in [0.2, 0.25) is 5.28 Å². The van der Waals surface area contributed by atoms with Gasteiger partial charge >= 0.3 is 103 Å². The first-order valence-corrected chi connectivity index (χ1v) is 24.8. The third-order valence-electron chi connectivity index (χ3n) is 12.7. The molecule has 0 spiro atoms. The second-order valence-electron chi connectivity index (χ2n) is 17.8. The summed E-state index contributed by atoms with van der Waals surface area (Å²) in [5, 5.41) is 14.3. The van der Waals surface area contributed by atoms with E-state index in [0.29, 0.717) is 49.0 Å². The van der Waals surface area contributed by atoms with Crippen LogP contribution in [0.15, 0.2) is 122 Å². The monoisotopic (exact) mass is 1090 g/mol. The van der Waals surface area contributed by atoms with Gasteiger partial charge < -0.3 is 52.1 Å². The number of nitrogens with one attached hydrogen (secondary N) is 3. The first-order valence-electron chi connectivity index (χ1n) is 24.4. The van der Waals surface area contributed by atoms with Crippen molar-refractivity contribution in [3.63, 3.8) is 0 Å². The summed E-state index contributed by atoms with van der Waals surface area (Å²) in [6.07, 6.45) is 12.3. The van der Waals surface area contributed by atoms with Gasteiger partial charge in [-0.25, -0.2) is 9.97 Å². The molecule has 4 aromatic heterocycles. The zero-order chi connectivity index (χ0) is 49.4. The summed E-state index contributed by atoms with van der Waals surface area (Å²) in [5.41, 5.74) is 27.7. The Morgan fingerprint density at radius 2 is 0.920 bits per heavy atom. The summed E-state index contributed by atoms with van der Waals surface area (Å²) < 4.78 is 4.00. The zero-order valence-corrected chi connectivity index (χ0v) is 49.3. The number of nitrogens with two attached hydrogens (primary N) is 3. The number of rotatable bonds is 12. The summed E-state index contributed by atoms with van der Waals surface area (Å²) in [6, 6.07) is 39.4. The van der Waals surface area contributed by atoms with Crippen LogP contribution in [0, 0.1) is 6.79 Å². The molecule has 0 radical (unpaired) electrons. The molecular formula is C55H72ClK2N14O3+. The van der Waals surface area contributed by atoms with Gasteiger partial charge in [-0.05, 0) is 117 Å². The van der Waals surface area contributed by atoms with Crippen molar-refractivity contribution in [2.24, 2.45) is 17.2 Å². The Hall–Kier alpha value is -3.30. The van der Waals surface area contributed by atoms with Crippen molar-refractivity contribution in [1.82, 2.24) is 39.0 Å². The largest absolute Gasteiger partial charge is 1.00 e. The molecule has 5 heterocycles. The van der Waals surface area contributed by atoms with Crippen molar-refractivity contribution in [2.45, 2.75) is 130 Å². The van der Waals surface area contributed by atoms with E-state index in [4.69, 9.17) is 38.8 Å². The van der Waals surface area contributed by atoms with E-state index in [2.05, 4.69) is 147 Å². The SMILES string of the molecule is C.C.CCn1cnc2c(NCc3ccc(-c4ccccc4)cc3)nc(Cl)nc21.CCn1cnc2c(NCc3ccc(-c4ccccc4)cc3)nc(NC3CCC(N)CC3)nc21.NC1CCC(N)CC1.[CH-]1OOO1.[K+].[K+]. The van der Waals surface area contributed by atoms with E-state index in [0.717, 1.165) is 105 Å². The normalized spacial score (nSPS) is 17.4. The molecule has 9 N–H and O–H groups in total. The fraction of sp³-hybridized carbons (Fsp3) is 0.364. The Labute approximate surface area is 532 Å². The quantitative estimate of drug-likeness (QED) is 0.0406. The molecular weight excluding hydrogens is 1020 g/mol. The van der Waals surface area contributed by atoms with Crippen LogP contribution in [0.1, 0.15) is 91.2 Å². The molecule has 1 aliphatic heterocycles. The van der Waals surface area contributed by atoms with Crippen molar-refractivity contribution in [2.75, 3.05) is 16.0 Å². The minimum absolute atomic E-state index is 0. The maximum atomic E-state index is 6.08. The molecule has 3 fully saturated rings. The van der Waals surface area contributed by atoms with Crippen LogP contribution >= 0.6 is 11.6 Å². The van der Waals surface area contributed by atoms with E-state index in [-0.39, 0.29) is 123 Å². The number of benzene rings is 4. The van der Waals surface area contributed by atoms with Gasteiger partial charge in [0, 0.05) is 50.3 Å². The van der Waals surface area contributed by atoms with Crippen LogP contribution in [0.4, 0.5) is 17.6 Å². The van der Waals surface area contributed by atoms with Crippen molar-refractivity contribution in [1.29, 1.82) is 0 Å². The number of anilines is 3. The molecule has 8 aromatic rings. The summed E-state index contributed by atoms with van der Waals surface area (Å²) in [7, 11) is 0. The molecule has 75 heavy (non-hydrogen) atoms. The van der Waals surface area contributed by atoms with Crippen molar-refractivity contribution >= 4 is 51.5 Å². The molecule has 0 unspecified atom stereocenters. The topological polar surface area (TPSA) is 229 Å². The average Bonchev–Trinajstić information content (AvgIpc) is 4.01. The summed E-state index contributed by atoms with van der Waals surface area (Å²) in [6.45, 7) is 8.11. The summed E-state index contributed by atoms with van der Waals surface area (Å²) in [5.74, 6) is 2.06. The fourth-order valence-electron chi connectivity index (χ4n) is 8.53. The third kappa shape index (κ3) is 19.0. The van der Waals surface area contributed by atoms with Gasteiger partial charge in [0.15, 0.2) is 34.0 Å². The smallest absolute Gasteiger partial charge is 0.364 e. The standard InChI is InChI=1S/C26H31N7.C20H18ClN5.C6H14N2.CHO3.2CH4.2K/c1-2-33-17-29-23-24(31-26(32-25(23)33)30-22-14-12-21(27)13-15-22)28-16-18-8-10-20(11-9-18)19-6-4-3-5-7-19;1-2-26-13-23-17-18(24-20(21)25-19(17)26)22-12-14-8-10-16(11-9-14)15-6-4-3-5-7-15;7-5-1-2-6(8)4-3-5;1-2-4-3-1;;;;/h3-11,17,21-22H,2,12-16,27H2,1H3,(H2,28,30,31,32);3-11,13H,2,12H2,1H3,(H,22,24,25);5-6H,1-4,7-8H2;1H;2*1H4;;/q;;;-1;;;2*+1. The van der Waals surface area contributed by atoms with E-state index < -0.39 is 0 Å². The molecule has 388 valence electrons. The Morgan fingerprint density at radius 3 is 1.32 bits per heavy atom. The molecule has 2 aliphatic carbocycles. The molecule has 0 atom stereocenters. The molecule has 3 aliphatic rings.